The Morgan fingerprint density at radius 2 is 1.92 bits per heavy atom. The second kappa shape index (κ2) is 7.59. The lowest BCUT2D eigenvalue weighted by Crippen LogP contribution is -2.23. The lowest BCUT2D eigenvalue weighted by atomic mass is 10.2. The number of halogens is 2. The molecule has 1 heterocycles. The minimum absolute atomic E-state index is 0.279. The normalized spacial score (nSPS) is 10.5. The molecule has 7 heteroatoms. The fraction of sp³-hybridized carbons (Fsp3) is 0.111. The van der Waals surface area contributed by atoms with Crippen molar-refractivity contribution in [2.45, 2.75) is 6.54 Å². The minimum Gasteiger partial charge on any atom is -0.497 e. The Hall–Kier alpha value is -2.50. The molecule has 0 aliphatic carbocycles. The number of carbonyl (C=O) groups excluding carboxylic acids is 1. The van der Waals surface area contributed by atoms with Crippen molar-refractivity contribution in [1.29, 1.82) is 0 Å². The van der Waals surface area contributed by atoms with Crippen LogP contribution in [0.1, 0.15) is 16.1 Å². The second-order valence-corrected chi connectivity index (χ2v) is 6.11. The molecule has 128 valence electrons. The van der Waals surface area contributed by atoms with Gasteiger partial charge >= 0.3 is 0 Å². The first-order chi connectivity index (χ1) is 12.1. The van der Waals surface area contributed by atoms with Crippen molar-refractivity contribution in [1.82, 2.24) is 15.1 Å². The molecule has 3 rings (SSSR count). The lowest BCUT2D eigenvalue weighted by Gasteiger charge is -2.06. The molecular formula is C18H15Cl2N3O2. The van der Waals surface area contributed by atoms with Crippen LogP contribution < -0.4 is 10.1 Å². The Morgan fingerprint density at radius 1 is 1.16 bits per heavy atom. The van der Waals surface area contributed by atoms with E-state index < -0.39 is 0 Å². The highest BCUT2D eigenvalue weighted by Gasteiger charge is 2.11. The Morgan fingerprint density at radius 3 is 2.60 bits per heavy atom. The SMILES string of the molecule is COc1ccc(-n2ccc(C(=O)NCc3ccc(Cl)cc3Cl)n2)cc1. The molecule has 0 atom stereocenters. The topological polar surface area (TPSA) is 56.1 Å². The van der Waals surface area contributed by atoms with Crippen LogP contribution in [0.3, 0.4) is 0 Å². The average Bonchev–Trinajstić information content (AvgIpc) is 3.11. The zero-order chi connectivity index (χ0) is 17.8. The van der Waals surface area contributed by atoms with E-state index in [2.05, 4.69) is 10.4 Å². The Labute approximate surface area is 155 Å². The van der Waals surface area contributed by atoms with Crippen molar-refractivity contribution in [2.75, 3.05) is 7.11 Å². The first-order valence-electron chi connectivity index (χ1n) is 7.49. The van der Waals surface area contributed by atoms with Gasteiger partial charge in [0.05, 0.1) is 12.8 Å². The molecular weight excluding hydrogens is 361 g/mol. The molecule has 0 unspecified atom stereocenters. The van der Waals surface area contributed by atoms with Crippen LogP contribution in [0.4, 0.5) is 0 Å². The highest BCUT2D eigenvalue weighted by molar-refractivity contribution is 6.35. The number of ether oxygens (including phenoxy) is 1. The van der Waals surface area contributed by atoms with E-state index in [-0.39, 0.29) is 5.91 Å². The first-order valence-corrected chi connectivity index (χ1v) is 8.24. The predicted octanol–water partition coefficient (Wildman–Crippen LogP) is 4.12. The lowest BCUT2D eigenvalue weighted by molar-refractivity contribution is 0.0945. The number of carbonyl (C=O) groups is 1. The zero-order valence-electron chi connectivity index (χ0n) is 13.4. The summed E-state index contributed by atoms with van der Waals surface area (Å²) < 4.78 is 6.76. The second-order valence-electron chi connectivity index (χ2n) is 5.26. The summed E-state index contributed by atoms with van der Waals surface area (Å²) in [5.74, 6) is 0.479. The number of amides is 1. The van der Waals surface area contributed by atoms with E-state index in [0.717, 1.165) is 17.0 Å². The third-order valence-electron chi connectivity index (χ3n) is 3.61. The van der Waals surface area contributed by atoms with Crippen LogP contribution in [0.25, 0.3) is 5.69 Å². The molecule has 1 amide bonds. The average molecular weight is 376 g/mol. The molecule has 0 aliphatic heterocycles. The standard InChI is InChI=1S/C18H15Cl2N3O2/c1-25-15-6-4-14(5-7-15)23-9-8-17(22-23)18(24)21-11-12-2-3-13(19)10-16(12)20/h2-10H,11H2,1H3,(H,21,24). The van der Waals surface area contributed by atoms with Crippen LogP contribution in [0.2, 0.25) is 10.0 Å². The molecule has 0 spiro atoms. The van der Waals surface area contributed by atoms with Crippen molar-refractivity contribution >= 4 is 29.1 Å². The van der Waals surface area contributed by atoms with E-state index in [1.54, 1.807) is 42.3 Å². The van der Waals surface area contributed by atoms with E-state index in [0.29, 0.717) is 22.3 Å². The molecule has 0 fully saturated rings. The summed E-state index contributed by atoms with van der Waals surface area (Å²) >= 11 is 12.0. The van der Waals surface area contributed by atoms with Gasteiger partial charge < -0.3 is 10.1 Å². The van der Waals surface area contributed by atoms with Crippen LogP contribution >= 0.6 is 23.2 Å². The maximum atomic E-state index is 12.3. The molecule has 5 nitrogen and oxygen atoms in total. The van der Waals surface area contributed by atoms with Gasteiger partial charge in [0, 0.05) is 22.8 Å². The van der Waals surface area contributed by atoms with E-state index >= 15 is 0 Å². The van der Waals surface area contributed by atoms with Crippen LogP contribution in [0.15, 0.2) is 54.7 Å². The summed E-state index contributed by atoms with van der Waals surface area (Å²) in [7, 11) is 1.61. The van der Waals surface area contributed by atoms with E-state index in [4.69, 9.17) is 27.9 Å². The summed E-state index contributed by atoms with van der Waals surface area (Å²) in [6, 6.07) is 14.2. The van der Waals surface area contributed by atoms with Crippen molar-refractivity contribution in [2.24, 2.45) is 0 Å². The minimum atomic E-state index is -0.279. The van der Waals surface area contributed by atoms with Gasteiger partial charge in [-0.1, -0.05) is 29.3 Å². The van der Waals surface area contributed by atoms with Crippen LogP contribution in [-0.2, 0) is 6.54 Å². The summed E-state index contributed by atoms with van der Waals surface area (Å²) in [5.41, 5.74) is 1.94. The van der Waals surface area contributed by atoms with Crippen molar-refractivity contribution in [3.63, 3.8) is 0 Å². The molecule has 0 radical (unpaired) electrons. The fourth-order valence-electron chi connectivity index (χ4n) is 2.25. The third kappa shape index (κ3) is 4.13. The number of rotatable bonds is 5. The zero-order valence-corrected chi connectivity index (χ0v) is 14.9. The van der Waals surface area contributed by atoms with Crippen molar-refractivity contribution in [3.05, 3.63) is 76.0 Å². The van der Waals surface area contributed by atoms with Crippen LogP contribution in [0.5, 0.6) is 5.75 Å². The van der Waals surface area contributed by atoms with Gasteiger partial charge in [-0.25, -0.2) is 4.68 Å². The van der Waals surface area contributed by atoms with Crippen molar-refractivity contribution in [3.8, 4) is 11.4 Å². The largest absolute Gasteiger partial charge is 0.497 e. The van der Waals surface area contributed by atoms with Gasteiger partial charge in [-0.2, -0.15) is 5.10 Å². The van der Waals surface area contributed by atoms with E-state index in [9.17, 15) is 4.79 Å². The molecule has 1 N–H and O–H groups in total. The molecule has 25 heavy (non-hydrogen) atoms. The van der Waals surface area contributed by atoms with Gasteiger partial charge in [0.2, 0.25) is 0 Å². The molecule has 3 aromatic rings. The summed E-state index contributed by atoms with van der Waals surface area (Å²) in [5, 5.41) is 8.16. The molecule has 0 saturated carbocycles. The molecule has 0 saturated heterocycles. The Bertz CT molecular complexity index is 892. The summed E-state index contributed by atoms with van der Waals surface area (Å²) in [6.45, 7) is 0.296. The van der Waals surface area contributed by atoms with Gasteiger partial charge in [0.1, 0.15) is 5.75 Å². The number of benzene rings is 2. The van der Waals surface area contributed by atoms with Crippen LogP contribution in [-0.4, -0.2) is 22.8 Å². The van der Waals surface area contributed by atoms with E-state index in [1.807, 2.05) is 24.3 Å². The van der Waals surface area contributed by atoms with Gasteiger partial charge in [-0.05, 0) is 48.0 Å². The predicted molar refractivity (Wildman–Crippen MR) is 97.7 cm³/mol. The van der Waals surface area contributed by atoms with Crippen LogP contribution in [0, 0.1) is 0 Å². The smallest absolute Gasteiger partial charge is 0.272 e. The maximum Gasteiger partial charge on any atom is 0.272 e. The molecule has 1 aromatic heterocycles. The Kier molecular flexibility index (Phi) is 5.26. The van der Waals surface area contributed by atoms with Gasteiger partial charge in [-0.3, -0.25) is 4.79 Å². The number of nitrogens with one attached hydrogen (secondary N) is 1. The quantitative estimate of drug-likeness (QED) is 0.729. The maximum absolute atomic E-state index is 12.3. The van der Waals surface area contributed by atoms with Gasteiger partial charge in [0.15, 0.2) is 5.69 Å². The molecule has 0 bridgehead atoms. The monoisotopic (exact) mass is 375 g/mol. The number of hydrogen-bond acceptors (Lipinski definition) is 3. The summed E-state index contributed by atoms with van der Waals surface area (Å²) in [4.78, 5) is 12.3. The van der Waals surface area contributed by atoms with E-state index in [1.165, 1.54) is 0 Å². The number of methoxy groups -OCH3 is 1. The van der Waals surface area contributed by atoms with Crippen molar-refractivity contribution < 1.29 is 9.53 Å². The molecule has 2 aromatic carbocycles. The highest BCUT2D eigenvalue weighted by atomic mass is 35.5. The van der Waals surface area contributed by atoms with Gasteiger partial charge in [0.25, 0.3) is 5.91 Å². The molecule has 0 aliphatic rings. The summed E-state index contributed by atoms with van der Waals surface area (Å²) in [6.07, 6.45) is 1.73. The first kappa shape index (κ1) is 17.3. The third-order valence-corrected chi connectivity index (χ3v) is 4.20. The Balaban J connectivity index is 1.67. The fourth-order valence-corrected chi connectivity index (χ4v) is 2.73. The number of aromatic nitrogens is 2. The van der Waals surface area contributed by atoms with Gasteiger partial charge in [-0.15, -0.1) is 0 Å². The highest BCUT2D eigenvalue weighted by Crippen LogP contribution is 2.21. The number of hydrogen-bond donors (Lipinski definition) is 1. The number of nitrogens with zero attached hydrogens (tertiary/aromatic N) is 2.